The van der Waals surface area contributed by atoms with Gasteiger partial charge in [-0.3, -0.25) is 4.79 Å². The minimum atomic E-state index is -0.197. The SMILES string of the molecule is Cc1ccc(Cn2nnc(C(=O)N3CC(C)OC(C)C3)c2Cl)cc1. The van der Waals surface area contributed by atoms with Gasteiger partial charge in [-0.2, -0.15) is 0 Å². The van der Waals surface area contributed by atoms with E-state index in [2.05, 4.69) is 10.3 Å². The van der Waals surface area contributed by atoms with Crippen molar-refractivity contribution in [1.29, 1.82) is 0 Å². The van der Waals surface area contributed by atoms with Crippen molar-refractivity contribution in [2.45, 2.75) is 39.5 Å². The van der Waals surface area contributed by atoms with Crippen LogP contribution in [0.4, 0.5) is 0 Å². The van der Waals surface area contributed by atoms with E-state index in [0.29, 0.717) is 19.6 Å². The molecule has 0 saturated carbocycles. The fraction of sp³-hybridized carbons (Fsp3) is 0.471. The molecule has 0 aliphatic carbocycles. The van der Waals surface area contributed by atoms with Crippen molar-refractivity contribution < 1.29 is 9.53 Å². The molecule has 0 radical (unpaired) electrons. The number of aryl methyl sites for hydroxylation is 1. The van der Waals surface area contributed by atoms with E-state index in [0.717, 1.165) is 5.56 Å². The van der Waals surface area contributed by atoms with Crippen LogP contribution in [0, 0.1) is 6.92 Å². The summed E-state index contributed by atoms with van der Waals surface area (Å²) in [6.07, 6.45) is -0.00171. The molecule has 1 aliphatic heterocycles. The van der Waals surface area contributed by atoms with Crippen LogP contribution in [0.1, 0.15) is 35.5 Å². The third kappa shape index (κ3) is 3.60. The van der Waals surface area contributed by atoms with Crippen molar-refractivity contribution in [2.24, 2.45) is 0 Å². The lowest BCUT2D eigenvalue weighted by Gasteiger charge is -2.34. The van der Waals surface area contributed by atoms with Gasteiger partial charge in [-0.25, -0.2) is 4.68 Å². The van der Waals surface area contributed by atoms with Gasteiger partial charge < -0.3 is 9.64 Å². The highest BCUT2D eigenvalue weighted by Crippen LogP contribution is 2.19. The average molecular weight is 349 g/mol. The number of benzene rings is 1. The fourth-order valence-corrected chi connectivity index (χ4v) is 3.11. The monoisotopic (exact) mass is 348 g/mol. The van der Waals surface area contributed by atoms with Crippen molar-refractivity contribution in [3.05, 3.63) is 46.2 Å². The van der Waals surface area contributed by atoms with Crippen LogP contribution in [-0.2, 0) is 11.3 Å². The van der Waals surface area contributed by atoms with Crippen molar-refractivity contribution in [3.8, 4) is 0 Å². The molecule has 128 valence electrons. The number of hydrogen-bond acceptors (Lipinski definition) is 4. The summed E-state index contributed by atoms with van der Waals surface area (Å²) in [5, 5.41) is 8.32. The predicted octanol–water partition coefficient (Wildman–Crippen LogP) is 2.54. The summed E-state index contributed by atoms with van der Waals surface area (Å²) in [6, 6.07) is 8.09. The molecule has 2 heterocycles. The van der Waals surface area contributed by atoms with Gasteiger partial charge in [-0.1, -0.05) is 46.6 Å². The highest BCUT2D eigenvalue weighted by atomic mass is 35.5. The number of amides is 1. The zero-order chi connectivity index (χ0) is 17.3. The Bertz CT molecular complexity index is 719. The van der Waals surface area contributed by atoms with E-state index < -0.39 is 0 Å². The van der Waals surface area contributed by atoms with Crippen LogP contribution in [0.3, 0.4) is 0 Å². The fourth-order valence-electron chi connectivity index (χ4n) is 2.89. The van der Waals surface area contributed by atoms with E-state index in [9.17, 15) is 4.79 Å². The molecular weight excluding hydrogens is 328 g/mol. The molecule has 2 atom stereocenters. The van der Waals surface area contributed by atoms with Crippen LogP contribution in [0.25, 0.3) is 0 Å². The summed E-state index contributed by atoms with van der Waals surface area (Å²) in [6.45, 7) is 7.48. The number of rotatable bonds is 3. The molecule has 2 aromatic rings. The lowest BCUT2D eigenvalue weighted by molar-refractivity contribution is -0.0587. The third-order valence-corrected chi connectivity index (χ3v) is 4.41. The van der Waals surface area contributed by atoms with Gasteiger partial charge in [0.2, 0.25) is 0 Å². The Kier molecular flexibility index (Phi) is 4.87. The molecule has 0 N–H and O–H groups in total. The molecular formula is C17H21ClN4O2. The topological polar surface area (TPSA) is 60.2 Å². The van der Waals surface area contributed by atoms with Crippen molar-refractivity contribution in [2.75, 3.05) is 13.1 Å². The number of carbonyl (C=O) groups is 1. The van der Waals surface area contributed by atoms with Crippen molar-refractivity contribution in [3.63, 3.8) is 0 Å². The molecule has 0 spiro atoms. The largest absolute Gasteiger partial charge is 0.372 e. The summed E-state index contributed by atoms with van der Waals surface area (Å²) in [5.41, 5.74) is 2.44. The highest BCUT2D eigenvalue weighted by molar-refractivity contribution is 6.32. The lowest BCUT2D eigenvalue weighted by Crippen LogP contribution is -2.48. The van der Waals surface area contributed by atoms with Crippen molar-refractivity contribution >= 4 is 17.5 Å². The molecule has 1 saturated heterocycles. The number of ether oxygens (including phenoxy) is 1. The van der Waals surface area contributed by atoms with Gasteiger partial charge >= 0.3 is 0 Å². The highest BCUT2D eigenvalue weighted by Gasteiger charge is 2.30. The molecule has 1 fully saturated rings. The summed E-state index contributed by atoms with van der Waals surface area (Å²) in [4.78, 5) is 14.4. The minimum absolute atomic E-state index is 0.000853. The van der Waals surface area contributed by atoms with E-state index in [1.165, 1.54) is 5.56 Å². The number of morpholine rings is 1. The maximum atomic E-state index is 12.7. The summed E-state index contributed by atoms with van der Waals surface area (Å²) >= 11 is 6.35. The number of carbonyl (C=O) groups excluding carboxylic acids is 1. The van der Waals surface area contributed by atoms with E-state index in [-0.39, 0.29) is 29.0 Å². The molecule has 1 aliphatic rings. The van der Waals surface area contributed by atoms with Gasteiger partial charge in [0.05, 0.1) is 18.8 Å². The second-order valence-electron chi connectivity index (χ2n) is 6.34. The maximum Gasteiger partial charge on any atom is 0.277 e. The van der Waals surface area contributed by atoms with E-state index in [1.807, 2.05) is 45.0 Å². The number of halogens is 1. The zero-order valence-electron chi connectivity index (χ0n) is 14.1. The van der Waals surface area contributed by atoms with Gasteiger partial charge in [0, 0.05) is 13.1 Å². The Morgan fingerprint density at radius 3 is 2.50 bits per heavy atom. The molecule has 3 rings (SSSR count). The number of aromatic nitrogens is 3. The smallest absolute Gasteiger partial charge is 0.277 e. The first kappa shape index (κ1) is 16.9. The molecule has 1 amide bonds. The summed E-state index contributed by atoms with van der Waals surface area (Å²) in [5.74, 6) is -0.197. The Labute approximate surface area is 146 Å². The summed E-state index contributed by atoms with van der Waals surface area (Å²) in [7, 11) is 0. The van der Waals surface area contributed by atoms with Crippen LogP contribution < -0.4 is 0 Å². The van der Waals surface area contributed by atoms with E-state index >= 15 is 0 Å². The Morgan fingerprint density at radius 2 is 1.88 bits per heavy atom. The van der Waals surface area contributed by atoms with Crippen LogP contribution in [0.15, 0.2) is 24.3 Å². The van der Waals surface area contributed by atoms with Crippen LogP contribution in [0.5, 0.6) is 0 Å². The average Bonchev–Trinajstić information content (AvgIpc) is 2.89. The normalized spacial score (nSPS) is 21.1. The van der Waals surface area contributed by atoms with Crippen LogP contribution in [0.2, 0.25) is 5.15 Å². The molecule has 24 heavy (non-hydrogen) atoms. The second-order valence-corrected chi connectivity index (χ2v) is 6.70. The second kappa shape index (κ2) is 6.91. The Balaban J connectivity index is 1.76. The Hall–Kier alpha value is -1.92. The standard InChI is InChI=1S/C17H21ClN4O2/c1-11-4-6-14(7-5-11)10-22-16(18)15(19-20-22)17(23)21-8-12(2)24-13(3)9-21/h4-7,12-13H,8-10H2,1-3H3. The first-order chi connectivity index (χ1) is 11.4. The number of hydrogen-bond donors (Lipinski definition) is 0. The molecule has 0 bridgehead atoms. The van der Waals surface area contributed by atoms with Crippen LogP contribution in [-0.4, -0.2) is 51.1 Å². The summed E-state index contributed by atoms with van der Waals surface area (Å²) < 4.78 is 7.21. The number of nitrogens with zero attached hydrogens (tertiary/aromatic N) is 4. The lowest BCUT2D eigenvalue weighted by atomic mass is 10.1. The maximum absolute atomic E-state index is 12.7. The van der Waals surface area contributed by atoms with Gasteiger partial charge in [0.1, 0.15) is 0 Å². The first-order valence-electron chi connectivity index (χ1n) is 8.03. The third-order valence-electron chi connectivity index (χ3n) is 4.04. The minimum Gasteiger partial charge on any atom is -0.372 e. The predicted molar refractivity (Wildman–Crippen MR) is 91.2 cm³/mol. The first-order valence-corrected chi connectivity index (χ1v) is 8.41. The molecule has 2 unspecified atom stereocenters. The quantitative estimate of drug-likeness (QED) is 0.855. The van der Waals surface area contributed by atoms with E-state index in [1.54, 1.807) is 9.58 Å². The van der Waals surface area contributed by atoms with Gasteiger partial charge in [-0.05, 0) is 26.3 Å². The van der Waals surface area contributed by atoms with Gasteiger partial charge in [-0.15, -0.1) is 5.10 Å². The zero-order valence-corrected chi connectivity index (χ0v) is 14.8. The molecule has 6 nitrogen and oxygen atoms in total. The van der Waals surface area contributed by atoms with Gasteiger partial charge in [0.15, 0.2) is 10.8 Å². The Morgan fingerprint density at radius 1 is 1.25 bits per heavy atom. The van der Waals surface area contributed by atoms with E-state index in [4.69, 9.17) is 16.3 Å². The molecule has 7 heteroatoms. The van der Waals surface area contributed by atoms with Gasteiger partial charge in [0.25, 0.3) is 5.91 Å². The van der Waals surface area contributed by atoms with Crippen molar-refractivity contribution in [1.82, 2.24) is 19.9 Å². The molecule has 1 aromatic carbocycles. The molecule has 1 aromatic heterocycles. The van der Waals surface area contributed by atoms with Crippen LogP contribution >= 0.6 is 11.6 Å².